The zero-order valence-corrected chi connectivity index (χ0v) is 12.7. The van der Waals surface area contributed by atoms with E-state index in [4.69, 9.17) is 5.11 Å². The van der Waals surface area contributed by atoms with Crippen LogP contribution in [0.25, 0.3) is 0 Å². The van der Waals surface area contributed by atoms with E-state index in [1.165, 1.54) is 0 Å². The summed E-state index contributed by atoms with van der Waals surface area (Å²) < 4.78 is 0. The quantitative estimate of drug-likeness (QED) is 0.629. The van der Waals surface area contributed by atoms with Crippen LogP contribution in [0.2, 0.25) is 0 Å². The van der Waals surface area contributed by atoms with Gasteiger partial charge in [-0.3, -0.25) is 9.59 Å². The predicted molar refractivity (Wildman–Crippen MR) is 78.1 cm³/mol. The zero-order chi connectivity index (χ0) is 15.0. The van der Waals surface area contributed by atoms with Gasteiger partial charge >= 0.3 is 0 Å². The highest BCUT2D eigenvalue weighted by Crippen LogP contribution is 2.24. The normalized spacial score (nSPS) is 18.6. The molecule has 1 fully saturated rings. The van der Waals surface area contributed by atoms with Gasteiger partial charge in [0.25, 0.3) is 0 Å². The van der Waals surface area contributed by atoms with E-state index in [1.54, 1.807) is 0 Å². The summed E-state index contributed by atoms with van der Waals surface area (Å²) in [5.74, 6) is 0.190. The standard InChI is InChI=1S/C15H28N2O3/c1-11(6-5-9-18)16-14(19)10-12(2)17-15(20)13-7-3-4-8-13/h11-13,18H,3-10H2,1-2H3,(H,16,19)(H,17,20). The van der Waals surface area contributed by atoms with Crippen molar-refractivity contribution in [2.75, 3.05) is 6.61 Å². The van der Waals surface area contributed by atoms with Crippen LogP contribution in [0.3, 0.4) is 0 Å². The number of aliphatic hydroxyl groups is 1. The van der Waals surface area contributed by atoms with E-state index in [-0.39, 0.29) is 36.4 Å². The van der Waals surface area contributed by atoms with E-state index >= 15 is 0 Å². The summed E-state index contributed by atoms with van der Waals surface area (Å²) in [5, 5.41) is 14.6. The van der Waals surface area contributed by atoms with Gasteiger partial charge in [-0.1, -0.05) is 12.8 Å². The minimum atomic E-state index is -0.131. The lowest BCUT2D eigenvalue weighted by molar-refractivity contribution is -0.126. The molecular weight excluding hydrogens is 256 g/mol. The molecule has 2 amide bonds. The average Bonchev–Trinajstić information content (AvgIpc) is 2.89. The van der Waals surface area contributed by atoms with Gasteiger partial charge in [0.05, 0.1) is 0 Å². The second-order valence-electron chi connectivity index (χ2n) is 5.93. The van der Waals surface area contributed by atoms with Crippen LogP contribution in [-0.2, 0) is 9.59 Å². The molecule has 5 heteroatoms. The molecule has 0 heterocycles. The molecule has 116 valence electrons. The van der Waals surface area contributed by atoms with Crippen molar-refractivity contribution in [2.24, 2.45) is 5.92 Å². The first-order chi connectivity index (χ1) is 9.52. The molecule has 20 heavy (non-hydrogen) atoms. The fourth-order valence-corrected chi connectivity index (χ4v) is 2.68. The Balaban J connectivity index is 2.21. The molecule has 1 saturated carbocycles. The van der Waals surface area contributed by atoms with Gasteiger partial charge in [-0.2, -0.15) is 0 Å². The van der Waals surface area contributed by atoms with Gasteiger partial charge in [-0.25, -0.2) is 0 Å². The molecule has 0 aromatic rings. The van der Waals surface area contributed by atoms with Crippen molar-refractivity contribution in [3.63, 3.8) is 0 Å². The molecule has 1 aliphatic carbocycles. The first kappa shape index (κ1) is 17.0. The molecule has 1 rings (SSSR count). The molecule has 1 aliphatic rings. The van der Waals surface area contributed by atoms with Crippen molar-refractivity contribution in [1.29, 1.82) is 0 Å². The topological polar surface area (TPSA) is 78.4 Å². The molecule has 0 spiro atoms. The molecule has 5 nitrogen and oxygen atoms in total. The summed E-state index contributed by atoms with van der Waals surface area (Å²) in [4.78, 5) is 23.7. The average molecular weight is 284 g/mol. The SMILES string of the molecule is CC(CCCO)NC(=O)CC(C)NC(=O)C1CCCC1. The molecule has 0 aromatic heterocycles. The lowest BCUT2D eigenvalue weighted by Gasteiger charge is -2.18. The highest BCUT2D eigenvalue weighted by atomic mass is 16.3. The smallest absolute Gasteiger partial charge is 0.223 e. The largest absolute Gasteiger partial charge is 0.396 e. The van der Waals surface area contributed by atoms with E-state index in [0.29, 0.717) is 12.8 Å². The monoisotopic (exact) mass is 284 g/mol. The molecule has 0 aliphatic heterocycles. The summed E-state index contributed by atoms with van der Waals surface area (Å²) in [6, 6.07) is -0.0690. The van der Waals surface area contributed by atoms with E-state index in [1.807, 2.05) is 13.8 Å². The molecule has 0 radical (unpaired) electrons. The first-order valence-corrected chi connectivity index (χ1v) is 7.73. The number of aliphatic hydroxyl groups excluding tert-OH is 1. The van der Waals surface area contributed by atoms with Crippen LogP contribution in [0, 0.1) is 5.92 Å². The van der Waals surface area contributed by atoms with E-state index in [0.717, 1.165) is 32.1 Å². The maximum atomic E-state index is 11.9. The highest BCUT2D eigenvalue weighted by Gasteiger charge is 2.24. The van der Waals surface area contributed by atoms with Crippen molar-refractivity contribution in [1.82, 2.24) is 10.6 Å². The van der Waals surface area contributed by atoms with Crippen molar-refractivity contribution in [2.45, 2.75) is 70.9 Å². The van der Waals surface area contributed by atoms with Gasteiger partial charge in [-0.15, -0.1) is 0 Å². The van der Waals surface area contributed by atoms with E-state index in [9.17, 15) is 9.59 Å². The van der Waals surface area contributed by atoms with Crippen LogP contribution < -0.4 is 10.6 Å². The molecule has 0 bridgehead atoms. The summed E-state index contributed by atoms with van der Waals surface area (Å²) in [6.07, 6.45) is 5.99. The molecule has 2 atom stereocenters. The van der Waals surface area contributed by atoms with E-state index < -0.39 is 0 Å². The zero-order valence-electron chi connectivity index (χ0n) is 12.7. The Morgan fingerprint density at radius 1 is 1.15 bits per heavy atom. The number of carbonyl (C=O) groups excluding carboxylic acids is 2. The minimum Gasteiger partial charge on any atom is -0.396 e. The Morgan fingerprint density at radius 3 is 2.40 bits per heavy atom. The fourth-order valence-electron chi connectivity index (χ4n) is 2.68. The summed E-state index contributed by atoms with van der Waals surface area (Å²) in [5.41, 5.74) is 0. The lowest BCUT2D eigenvalue weighted by Crippen LogP contribution is -2.41. The number of hydrogen-bond acceptors (Lipinski definition) is 3. The summed E-state index contributed by atoms with van der Waals surface area (Å²) in [7, 11) is 0. The van der Waals surface area contributed by atoms with Gasteiger partial charge in [0.2, 0.25) is 11.8 Å². The Bertz CT molecular complexity index is 314. The highest BCUT2D eigenvalue weighted by molar-refractivity contribution is 5.81. The number of amides is 2. The third-order valence-corrected chi connectivity index (χ3v) is 3.81. The number of carbonyl (C=O) groups is 2. The molecular formula is C15H28N2O3. The fraction of sp³-hybridized carbons (Fsp3) is 0.867. The van der Waals surface area contributed by atoms with Crippen LogP contribution in [0.4, 0.5) is 0 Å². The Hall–Kier alpha value is -1.10. The Kier molecular flexibility index (Phi) is 7.59. The van der Waals surface area contributed by atoms with Crippen molar-refractivity contribution < 1.29 is 14.7 Å². The number of rotatable bonds is 8. The lowest BCUT2D eigenvalue weighted by atomic mass is 10.1. The summed E-state index contributed by atoms with van der Waals surface area (Å²) >= 11 is 0. The second-order valence-corrected chi connectivity index (χ2v) is 5.93. The molecule has 2 unspecified atom stereocenters. The Labute approximate surface area is 121 Å². The number of hydrogen-bond donors (Lipinski definition) is 3. The van der Waals surface area contributed by atoms with Crippen LogP contribution in [0.1, 0.15) is 58.8 Å². The second kappa shape index (κ2) is 8.95. The first-order valence-electron chi connectivity index (χ1n) is 7.73. The minimum absolute atomic E-state index is 0.0466. The van der Waals surface area contributed by atoms with Gasteiger partial charge in [0, 0.05) is 31.0 Å². The predicted octanol–water partition coefficient (Wildman–Crippen LogP) is 1.35. The van der Waals surface area contributed by atoms with Crippen molar-refractivity contribution >= 4 is 11.8 Å². The van der Waals surface area contributed by atoms with Crippen LogP contribution >= 0.6 is 0 Å². The van der Waals surface area contributed by atoms with Gasteiger partial charge in [0.1, 0.15) is 0 Å². The molecule has 3 N–H and O–H groups in total. The van der Waals surface area contributed by atoms with Crippen LogP contribution in [0.15, 0.2) is 0 Å². The van der Waals surface area contributed by atoms with Crippen molar-refractivity contribution in [3.05, 3.63) is 0 Å². The third-order valence-electron chi connectivity index (χ3n) is 3.81. The third kappa shape index (κ3) is 6.37. The maximum absolute atomic E-state index is 11.9. The molecule has 0 saturated heterocycles. The Morgan fingerprint density at radius 2 is 1.80 bits per heavy atom. The van der Waals surface area contributed by atoms with Crippen LogP contribution in [0.5, 0.6) is 0 Å². The van der Waals surface area contributed by atoms with Gasteiger partial charge < -0.3 is 15.7 Å². The molecule has 0 aromatic carbocycles. The van der Waals surface area contributed by atoms with Crippen LogP contribution in [-0.4, -0.2) is 35.6 Å². The van der Waals surface area contributed by atoms with E-state index in [2.05, 4.69) is 10.6 Å². The summed E-state index contributed by atoms with van der Waals surface area (Å²) in [6.45, 7) is 3.94. The maximum Gasteiger partial charge on any atom is 0.223 e. The van der Waals surface area contributed by atoms with Gasteiger partial charge in [-0.05, 0) is 39.5 Å². The number of nitrogens with one attached hydrogen (secondary N) is 2. The van der Waals surface area contributed by atoms with Gasteiger partial charge in [0.15, 0.2) is 0 Å². The van der Waals surface area contributed by atoms with Crippen molar-refractivity contribution in [3.8, 4) is 0 Å².